The van der Waals surface area contributed by atoms with E-state index in [0.29, 0.717) is 17.9 Å². The van der Waals surface area contributed by atoms with Gasteiger partial charge in [-0.05, 0) is 48.5 Å². The zero-order chi connectivity index (χ0) is 17.2. The number of carbonyl (C=O) groups excluding carboxylic acids is 1. The molecule has 0 saturated heterocycles. The number of H-pyrrole nitrogens is 1. The van der Waals surface area contributed by atoms with Gasteiger partial charge in [-0.1, -0.05) is 12.2 Å². The number of allylic oxidation sites excluding steroid dienone is 2. The van der Waals surface area contributed by atoms with Crippen molar-refractivity contribution in [2.45, 2.75) is 0 Å². The largest absolute Gasteiger partial charge is 0.326 e. The zero-order valence-electron chi connectivity index (χ0n) is 13.2. The van der Waals surface area contributed by atoms with Crippen LogP contribution in [0.4, 0.5) is 14.9 Å². The Hall–Kier alpha value is -3.41. The van der Waals surface area contributed by atoms with Crippen LogP contribution in [0.3, 0.4) is 0 Å². The third-order valence-electron chi connectivity index (χ3n) is 4.01. The van der Waals surface area contributed by atoms with Gasteiger partial charge in [0.15, 0.2) is 0 Å². The van der Waals surface area contributed by atoms with Crippen LogP contribution in [0.2, 0.25) is 0 Å². The molecule has 3 aromatic rings. The van der Waals surface area contributed by atoms with Crippen molar-refractivity contribution in [1.29, 1.82) is 0 Å². The van der Waals surface area contributed by atoms with Gasteiger partial charge in [-0.2, -0.15) is 5.10 Å². The van der Waals surface area contributed by atoms with Crippen LogP contribution in [0.1, 0.15) is 0 Å². The Kier molecular flexibility index (Phi) is 3.78. The predicted molar refractivity (Wildman–Crippen MR) is 95.5 cm³/mol. The lowest BCUT2D eigenvalue weighted by atomic mass is 10.1. The van der Waals surface area contributed by atoms with Crippen LogP contribution in [0.15, 0.2) is 66.9 Å². The average molecular weight is 334 g/mol. The number of nitrogens with one attached hydrogen (secondary N) is 2. The van der Waals surface area contributed by atoms with Crippen LogP contribution in [0, 0.1) is 5.82 Å². The lowest BCUT2D eigenvalue weighted by Gasteiger charge is -2.19. The van der Waals surface area contributed by atoms with Crippen molar-refractivity contribution in [3.8, 4) is 11.3 Å². The number of fused-ring (bicyclic) bond motifs is 1. The van der Waals surface area contributed by atoms with Crippen molar-refractivity contribution in [1.82, 2.24) is 15.1 Å². The fraction of sp³-hybridized carbons (Fsp3) is 0.0526. The molecule has 0 fully saturated rings. The number of amides is 2. The fourth-order valence-electron chi connectivity index (χ4n) is 2.73. The molecule has 25 heavy (non-hydrogen) atoms. The Morgan fingerprint density at radius 2 is 2.00 bits per heavy atom. The summed E-state index contributed by atoms with van der Waals surface area (Å²) in [5, 5.41) is 11.0. The van der Waals surface area contributed by atoms with Gasteiger partial charge >= 0.3 is 6.03 Å². The molecule has 0 aliphatic carbocycles. The first kappa shape index (κ1) is 15.1. The molecule has 124 valence electrons. The maximum Gasteiger partial charge on any atom is 0.326 e. The third kappa shape index (κ3) is 3.01. The molecule has 2 heterocycles. The molecule has 2 N–H and O–H groups in total. The van der Waals surface area contributed by atoms with E-state index < -0.39 is 0 Å². The van der Waals surface area contributed by atoms with Gasteiger partial charge in [-0.15, -0.1) is 0 Å². The number of hydrogen-bond donors (Lipinski definition) is 2. The van der Waals surface area contributed by atoms with Crippen molar-refractivity contribution in [2.24, 2.45) is 0 Å². The molecular formula is C19H15FN4O. The molecule has 4 rings (SSSR count). The molecule has 1 aromatic heterocycles. The van der Waals surface area contributed by atoms with E-state index in [0.717, 1.165) is 16.5 Å². The van der Waals surface area contributed by atoms with E-state index in [9.17, 15) is 9.18 Å². The molecule has 1 aliphatic heterocycles. The number of rotatable bonds is 2. The molecule has 0 saturated carbocycles. The number of urea groups is 1. The first-order valence-corrected chi connectivity index (χ1v) is 7.86. The smallest absolute Gasteiger partial charge is 0.308 e. The molecule has 6 heteroatoms. The standard InChI is InChI=1S/C19H15FN4O/c20-14-6-4-13(5-7-14)18-16-12-15(8-9-17(16)22-23-18)21-19(25)24-10-2-1-3-11-24/h1-10,12H,11H2,(H,21,25)(H,22,23). The summed E-state index contributed by atoms with van der Waals surface area (Å²) >= 11 is 0. The first-order valence-electron chi connectivity index (χ1n) is 7.86. The summed E-state index contributed by atoms with van der Waals surface area (Å²) in [4.78, 5) is 13.9. The van der Waals surface area contributed by atoms with E-state index in [1.54, 1.807) is 23.2 Å². The summed E-state index contributed by atoms with van der Waals surface area (Å²) in [6.07, 6.45) is 7.35. The first-order chi connectivity index (χ1) is 12.2. The lowest BCUT2D eigenvalue weighted by molar-refractivity contribution is 0.231. The summed E-state index contributed by atoms with van der Waals surface area (Å²) in [7, 11) is 0. The summed E-state index contributed by atoms with van der Waals surface area (Å²) < 4.78 is 13.1. The summed E-state index contributed by atoms with van der Waals surface area (Å²) in [6, 6.07) is 11.5. The average Bonchev–Trinajstić information content (AvgIpc) is 3.06. The Bertz CT molecular complexity index is 988. The highest BCUT2D eigenvalue weighted by Crippen LogP contribution is 2.28. The van der Waals surface area contributed by atoms with E-state index in [-0.39, 0.29) is 11.8 Å². The third-order valence-corrected chi connectivity index (χ3v) is 4.01. The Morgan fingerprint density at radius 3 is 2.76 bits per heavy atom. The second kappa shape index (κ2) is 6.24. The monoisotopic (exact) mass is 334 g/mol. The van der Waals surface area contributed by atoms with Crippen molar-refractivity contribution in [2.75, 3.05) is 11.9 Å². The van der Waals surface area contributed by atoms with E-state index in [4.69, 9.17) is 0 Å². The van der Waals surface area contributed by atoms with Crippen molar-refractivity contribution in [3.05, 3.63) is 72.7 Å². The molecule has 1 aliphatic rings. The number of benzene rings is 2. The molecule has 5 nitrogen and oxygen atoms in total. The van der Waals surface area contributed by atoms with Crippen molar-refractivity contribution >= 4 is 22.6 Å². The molecule has 0 spiro atoms. The molecule has 0 atom stereocenters. The van der Waals surface area contributed by atoms with Crippen LogP contribution in [0.25, 0.3) is 22.2 Å². The number of anilines is 1. The molecule has 2 amide bonds. The Balaban J connectivity index is 1.64. The van der Waals surface area contributed by atoms with Gasteiger partial charge in [0.1, 0.15) is 5.82 Å². The molecule has 0 unspecified atom stereocenters. The number of nitrogens with zero attached hydrogens (tertiary/aromatic N) is 2. The minimum Gasteiger partial charge on any atom is -0.308 e. The van der Waals surface area contributed by atoms with Gasteiger partial charge < -0.3 is 5.32 Å². The Labute approximate surface area is 143 Å². The summed E-state index contributed by atoms with van der Waals surface area (Å²) in [5.74, 6) is -0.292. The van der Waals surface area contributed by atoms with E-state index in [1.165, 1.54) is 12.1 Å². The SMILES string of the molecule is O=C(Nc1ccc2[nH]nc(-c3ccc(F)cc3)c2c1)N1C=CC=CC1. The normalized spacial score (nSPS) is 13.4. The number of halogens is 1. The molecule has 0 bridgehead atoms. The van der Waals surface area contributed by atoms with Crippen molar-refractivity contribution in [3.63, 3.8) is 0 Å². The highest BCUT2D eigenvalue weighted by molar-refractivity contribution is 5.98. The van der Waals surface area contributed by atoms with Gasteiger partial charge in [-0.3, -0.25) is 10.00 Å². The number of aromatic amines is 1. The van der Waals surface area contributed by atoms with Crippen LogP contribution >= 0.6 is 0 Å². The maximum atomic E-state index is 13.1. The minimum absolute atomic E-state index is 0.202. The van der Waals surface area contributed by atoms with Gasteiger partial charge in [0.05, 0.1) is 11.2 Å². The van der Waals surface area contributed by atoms with Crippen LogP contribution in [-0.2, 0) is 0 Å². The van der Waals surface area contributed by atoms with E-state index in [1.807, 2.05) is 36.4 Å². The minimum atomic E-state index is -0.292. The molecular weight excluding hydrogens is 319 g/mol. The summed E-state index contributed by atoms with van der Waals surface area (Å²) in [5.41, 5.74) is 3.04. The molecule has 2 aromatic carbocycles. The number of aromatic nitrogens is 2. The van der Waals surface area contributed by atoms with Gasteiger partial charge in [0, 0.05) is 29.4 Å². The van der Waals surface area contributed by atoms with Gasteiger partial charge in [-0.25, -0.2) is 9.18 Å². The maximum absolute atomic E-state index is 13.1. The summed E-state index contributed by atoms with van der Waals surface area (Å²) in [6.45, 7) is 0.539. The van der Waals surface area contributed by atoms with Gasteiger partial charge in [0.25, 0.3) is 0 Å². The fourth-order valence-corrected chi connectivity index (χ4v) is 2.73. The lowest BCUT2D eigenvalue weighted by Crippen LogP contribution is -2.31. The Morgan fingerprint density at radius 1 is 1.16 bits per heavy atom. The van der Waals surface area contributed by atoms with Crippen LogP contribution < -0.4 is 5.32 Å². The predicted octanol–water partition coefficient (Wildman–Crippen LogP) is 4.29. The van der Waals surface area contributed by atoms with Gasteiger partial charge in [0.2, 0.25) is 0 Å². The topological polar surface area (TPSA) is 61.0 Å². The van der Waals surface area contributed by atoms with Crippen LogP contribution in [0.5, 0.6) is 0 Å². The molecule has 0 radical (unpaired) electrons. The number of carbonyl (C=O) groups is 1. The highest BCUT2D eigenvalue weighted by atomic mass is 19.1. The number of hydrogen-bond acceptors (Lipinski definition) is 2. The van der Waals surface area contributed by atoms with Crippen molar-refractivity contribution < 1.29 is 9.18 Å². The highest BCUT2D eigenvalue weighted by Gasteiger charge is 2.13. The van der Waals surface area contributed by atoms with E-state index in [2.05, 4.69) is 15.5 Å². The zero-order valence-corrected chi connectivity index (χ0v) is 13.2. The second-order valence-corrected chi connectivity index (χ2v) is 5.69. The quantitative estimate of drug-likeness (QED) is 0.734. The van der Waals surface area contributed by atoms with Crippen LogP contribution in [-0.4, -0.2) is 27.7 Å². The second-order valence-electron chi connectivity index (χ2n) is 5.69. The van der Waals surface area contributed by atoms with E-state index >= 15 is 0 Å².